The molecule has 0 heterocycles. The normalized spacial score (nSPS) is 13.6. The molecule has 0 aromatic carbocycles. The lowest BCUT2D eigenvalue weighted by molar-refractivity contribution is -0.870. The fourth-order valence-electron chi connectivity index (χ4n) is 12.7. The summed E-state index contributed by atoms with van der Waals surface area (Å²) in [5, 5.41) is 14.1. The van der Waals surface area contributed by atoms with Crippen LogP contribution in [0.15, 0.2) is 24.3 Å². The van der Waals surface area contributed by atoms with Gasteiger partial charge in [0.2, 0.25) is 5.91 Å². The van der Waals surface area contributed by atoms with E-state index in [-0.39, 0.29) is 19.1 Å². The molecule has 3 atom stereocenters. The number of nitrogens with one attached hydrogen (secondary N) is 1. The summed E-state index contributed by atoms with van der Waals surface area (Å²) in [6.45, 7) is 4.89. The molecule has 0 fully saturated rings. The first kappa shape index (κ1) is 88.0. The monoisotopic (exact) mass is 1280 g/mol. The lowest BCUT2D eigenvalue weighted by Crippen LogP contribution is -2.45. The van der Waals surface area contributed by atoms with Gasteiger partial charge in [0.25, 0.3) is 0 Å². The zero-order chi connectivity index (χ0) is 64.8. The van der Waals surface area contributed by atoms with Gasteiger partial charge in [0.15, 0.2) is 0 Å². The summed E-state index contributed by atoms with van der Waals surface area (Å²) in [7, 11) is 1.60. The van der Waals surface area contributed by atoms with Gasteiger partial charge < -0.3 is 19.8 Å². The van der Waals surface area contributed by atoms with Crippen LogP contribution in [-0.2, 0) is 18.4 Å². The molecule has 0 aliphatic carbocycles. The molecule has 0 radical (unpaired) electrons. The number of phosphoric ester groups is 1. The van der Waals surface area contributed by atoms with Gasteiger partial charge in [-0.15, -0.1) is 0 Å². The van der Waals surface area contributed by atoms with Crippen LogP contribution in [0, 0.1) is 0 Å². The average Bonchev–Trinajstić information content (AvgIpc) is 3.57. The largest absolute Gasteiger partial charge is 0.472 e. The molecule has 0 aromatic rings. The van der Waals surface area contributed by atoms with Gasteiger partial charge in [-0.3, -0.25) is 13.8 Å². The third-order valence-corrected chi connectivity index (χ3v) is 19.9. The van der Waals surface area contributed by atoms with E-state index in [1.807, 2.05) is 27.2 Å². The van der Waals surface area contributed by atoms with E-state index < -0.39 is 20.0 Å². The minimum atomic E-state index is -4.35. The van der Waals surface area contributed by atoms with Crippen molar-refractivity contribution < 1.29 is 32.9 Å². The van der Waals surface area contributed by atoms with Crippen LogP contribution >= 0.6 is 7.82 Å². The number of amides is 1. The molecule has 9 heteroatoms. The molecule has 0 saturated heterocycles. The number of aliphatic hydroxyl groups is 1. The highest BCUT2D eigenvalue weighted by Gasteiger charge is 2.28. The second kappa shape index (κ2) is 71.3. The minimum absolute atomic E-state index is 0.0649. The van der Waals surface area contributed by atoms with E-state index in [1.165, 1.54) is 379 Å². The van der Waals surface area contributed by atoms with Crippen LogP contribution in [-0.4, -0.2) is 73.4 Å². The number of carbonyl (C=O) groups excluding carboxylic acids is 1. The van der Waals surface area contributed by atoms with Gasteiger partial charge in [-0.05, 0) is 44.9 Å². The van der Waals surface area contributed by atoms with Gasteiger partial charge in [-0.2, -0.15) is 0 Å². The van der Waals surface area contributed by atoms with Crippen molar-refractivity contribution in [3.05, 3.63) is 24.3 Å². The summed E-state index contributed by atoms with van der Waals surface area (Å²) in [5.41, 5.74) is 0. The first-order valence-corrected chi connectivity index (χ1v) is 41.7. The summed E-state index contributed by atoms with van der Waals surface area (Å²) in [6.07, 6.45) is 95.2. The van der Waals surface area contributed by atoms with Crippen LogP contribution in [0.1, 0.15) is 431 Å². The Balaban J connectivity index is 3.93. The molecule has 1 amide bonds. The van der Waals surface area contributed by atoms with Crippen LogP contribution in [0.4, 0.5) is 0 Å². The summed E-state index contributed by atoms with van der Waals surface area (Å²) < 4.78 is 23.9. The molecule has 0 spiro atoms. The fraction of sp³-hybridized carbons (Fsp3) is 0.938. The highest BCUT2D eigenvalue weighted by atomic mass is 31.2. The molecular weight excluding hydrogens is 1120 g/mol. The van der Waals surface area contributed by atoms with Crippen molar-refractivity contribution in [2.75, 3.05) is 40.9 Å². The SMILES string of the molecule is CCCCCCCCCC/C=C\CCCCCCCCCCCCCCCCCCCCCCCCCCCC(=O)NC(COP(=O)(O)OCC[N+](C)(C)C)C(O)/C=C/CCCCCCCCCCCCCCCCCCCCCCCCCCCCCC. The van der Waals surface area contributed by atoms with E-state index in [9.17, 15) is 19.4 Å². The lowest BCUT2D eigenvalue weighted by Gasteiger charge is -2.25. The number of rotatable bonds is 76. The van der Waals surface area contributed by atoms with Crippen LogP contribution in [0.3, 0.4) is 0 Å². The Morgan fingerprint density at radius 3 is 0.865 bits per heavy atom. The minimum Gasteiger partial charge on any atom is -0.387 e. The molecule has 0 aromatic heterocycles. The summed E-state index contributed by atoms with van der Waals surface area (Å²) in [5.74, 6) is -0.166. The Kier molecular flexibility index (Phi) is 70.5. The zero-order valence-corrected chi connectivity index (χ0v) is 61.9. The molecule has 8 nitrogen and oxygen atoms in total. The quantitative estimate of drug-likeness (QED) is 0.0243. The van der Waals surface area contributed by atoms with E-state index in [0.29, 0.717) is 17.4 Å². The summed E-state index contributed by atoms with van der Waals surface area (Å²) in [4.78, 5) is 23.5. The number of quaternary nitrogens is 1. The van der Waals surface area contributed by atoms with Gasteiger partial charge in [0.1, 0.15) is 13.2 Å². The standard InChI is InChI=1S/C80H159N2O6P/c1-6-8-10-12-14-16-18-20-22-24-26-28-30-32-34-36-38-39-40-41-42-43-44-46-48-50-52-54-56-58-60-62-64-66-68-70-72-74-80(84)81-78(77-88-89(85,86)87-76-75-82(3,4)5)79(83)73-71-69-67-65-63-61-59-57-55-53-51-49-47-45-37-35-33-31-29-27-25-23-21-19-17-15-13-11-9-7-2/h24,26,71,73,78-79,83H,6-23,25,27-70,72,74-77H2,1-5H3,(H-,81,84,85,86)/p+1/b26-24-,73-71+. The second-order valence-electron chi connectivity index (χ2n) is 29.2. The smallest absolute Gasteiger partial charge is 0.387 e. The highest BCUT2D eigenvalue weighted by molar-refractivity contribution is 7.47. The van der Waals surface area contributed by atoms with Crippen LogP contribution in [0.25, 0.3) is 0 Å². The molecule has 530 valence electrons. The number of carbonyl (C=O) groups is 1. The van der Waals surface area contributed by atoms with Crippen LogP contribution in [0.2, 0.25) is 0 Å². The third kappa shape index (κ3) is 74.2. The number of aliphatic hydroxyl groups excluding tert-OH is 1. The molecule has 3 unspecified atom stereocenters. The van der Waals surface area contributed by atoms with Crippen molar-refractivity contribution in [3.8, 4) is 0 Å². The van der Waals surface area contributed by atoms with E-state index in [0.717, 1.165) is 32.1 Å². The average molecular weight is 1280 g/mol. The van der Waals surface area contributed by atoms with Gasteiger partial charge in [0.05, 0.1) is 39.9 Å². The summed E-state index contributed by atoms with van der Waals surface area (Å²) >= 11 is 0. The Hall–Kier alpha value is -1.02. The van der Waals surface area contributed by atoms with E-state index in [2.05, 4.69) is 31.3 Å². The van der Waals surface area contributed by atoms with Crippen molar-refractivity contribution in [1.29, 1.82) is 0 Å². The van der Waals surface area contributed by atoms with Gasteiger partial charge in [-0.25, -0.2) is 4.57 Å². The highest BCUT2D eigenvalue weighted by Crippen LogP contribution is 2.43. The van der Waals surface area contributed by atoms with Crippen molar-refractivity contribution in [3.63, 3.8) is 0 Å². The number of phosphoric acid groups is 1. The molecule has 0 bridgehead atoms. The Morgan fingerprint density at radius 1 is 0.371 bits per heavy atom. The van der Waals surface area contributed by atoms with Crippen molar-refractivity contribution in [1.82, 2.24) is 5.32 Å². The predicted octanol–water partition coefficient (Wildman–Crippen LogP) is 26.2. The van der Waals surface area contributed by atoms with Crippen molar-refractivity contribution >= 4 is 13.7 Å². The number of likely N-dealkylation sites (N-methyl/N-ethyl adjacent to an activating group) is 1. The molecule has 0 saturated carbocycles. The molecular formula is C80H160N2O6P+. The Labute approximate surface area is 557 Å². The van der Waals surface area contributed by atoms with Crippen LogP contribution in [0.5, 0.6) is 0 Å². The van der Waals surface area contributed by atoms with Crippen molar-refractivity contribution in [2.45, 2.75) is 443 Å². The topological polar surface area (TPSA) is 105 Å². The summed E-state index contributed by atoms with van der Waals surface area (Å²) in [6, 6.07) is -0.846. The molecule has 0 aliphatic heterocycles. The zero-order valence-electron chi connectivity index (χ0n) is 61.0. The number of unbranched alkanes of at least 4 members (excludes halogenated alkanes) is 61. The maximum Gasteiger partial charge on any atom is 0.472 e. The third-order valence-electron chi connectivity index (χ3n) is 18.9. The number of allylic oxidation sites excluding steroid dienone is 3. The van der Waals surface area contributed by atoms with Crippen LogP contribution < -0.4 is 5.32 Å². The van der Waals surface area contributed by atoms with E-state index >= 15 is 0 Å². The maximum atomic E-state index is 13.1. The Bertz CT molecular complexity index is 1500. The lowest BCUT2D eigenvalue weighted by atomic mass is 10.0. The second-order valence-corrected chi connectivity index (χ2v) is 30.6. The molecule has 0 rings (SSSR count). The van der Waals surface area contributed by atoms with Crippen molar-refractivity contribution in [2.24, 2.45) is 0 Å². The molecule has 0 aliphatic rings. The fourth-order valence-corrected chi connectivity index (χ4v) is 13.4. The van der Waals surface area contributed by atoms with E-state index in [1.54, 1.807) is 6.08 Å². The predicted molar refractivity (Wildman–Crippen MR) is 392 cm³/mol. The number of hydrogen-bond acceptors (Lipinski definition) is 5. The maximum absolute atomic E-state index is 13.1. The van der Waals surface area contributed by atoms with E-state index in [4.69, 9.17) is 9.05 Å². The first-order chi connectivity index (χ1) is 43.5. The number of nitrogens with zero attached hydrogens (tertiary/aromatic N) is 1. The molecule has 89 heavy (non-hydrogen) atoms. The van der Waals surface area contributed by atoms with Gasteiger partial charge >= 0.3 is 7.82 Å². The Morgan fingerprint density at radius 2 is 0.607 bits per heavy atom. The molecule has 3 N–H and O–H groups in total. The van der Waals surface area contributed by atoms with Gasteiger partial charge in [-0.1, -0.05) is 404 Å². The van der Waals surface area contributed by atoms with Gasteiger partial charge in [0, 0.05) is 6.42 Å². The number of hydrogen-bond donors (Lipinski definition) is 3. The first-order valence-electron chi connectivity index (χ1n) is 40.2.